The number of esters is 1. The highest BCUT2D eigenvalue weighted by Crippen LogP contribution is 2.49. The van der Waals surface area contributed by atoms with Crippen molar-refractivity contribution in [1.29, 1.82) is 0 Å². The second-order valence-electron chi connectivity index (χ2n) is 9.41. The number of rotatable bonds is 4. The van der Waals surface area contributed by atoms with Gasteiger partial charge in [-0.25, -0.2) is 4.79 Å². The number of aryl methyl sites for hydroxylation is 3. The van der Waals surface area contributed by atoms with Gasteiger partial charge in [-0.05, 0) is 75.6 Å². The van der Waals surface area contributed by atoms with Crippen LogP contribution < -0.4 is 4.74 Å². The largest absolute Gasteiger partial charge is 0.481 e. The van der Waals surface area contributed by atoms with Gasteiger partial charge in [-0.15, -0.1) is 0 Å². The Balaban J connectivity index is 1.75. The van der Waals surface area contributed by atoms with Crippen molar-refractivity contribution in [3.63, 3.8) is 0 Å². The van der Waals surface area contributed by atoms with Crippen LogP contribution in [0.4, 0.5) is 0 Å². The van der Waals surface area contributed by atoms with E-state index in [0.717, 1.165) is 16.9 Å². The van der Waals surface area contributed by atoms with E-state index in [0.29, 0.717) is 0 Å². The lowest BCUT2D eigenvalue weighted by Gasteiger charge is -2.20. The third-order valence-corrected chi connectivity index (χ3v) is 8.15. The molecule has 32 heavy (non-hydrogen) atoms. The lowest BCUT2D eigenvalue weighted by Crippen LogP contribution is -2.27. The normalized spacial score (nSPS) is 12.4. The van der Waals surface area contributed by atoms with Gasteiger partial charge < -0.3 is 9.47 Å². The highest BCUT2D eigenvalue weighted by Gasteiger charge is 2.27. The minimum Gasteiger partial charge on any atom is -0.481 e. The van der Waals surface area contributed by atoms with E-state index in [1.807, 2.05) is 34.6 Å². The molecule has 0 fully saturated rings. The van der Waals surface area contributed by atoms with E-state index in [2.05, 4.69) is 62.4 Å². The number of thiophene rings is 1. The summed E-state index contributed by atoms with van der Waals surface area (Å²) in [7, 11) is -0.119. The van der Waals surface area contributed by atoms with Gasteiger partial charge >= 0.3 is 5.97 Å². The first-order valence-electron chi connectivity index (χ1n) is 11.0. The summed E-state index contributed by atoms with van der Waals surface area (Å²) < 4.78 is 12.6. The SMILES string of the molecule is Cc1cc(-[s+]2c(C)c(C)c3c4ccccc4ccc32)cc(C)c1OCC(=O)OC(C)(C)C. The molecule has 0 radical (unpaired) electrons. The van der Waals surface area contributed by atoms with Crippen LogP contribution >= 0.6 is 10.5 Å². The molecule has 1 unspecified atom stereocenters. The van der Waals surface area contributed by atoms with Crippen molar-refractivity contribution < 1.29 is 14.3 Å². The Labute approximate surface area is 192 Å². The fraction of sp³-hybridized carbons (Fsp3) is 0.321. The van der Waals surface area contributed by atoms with E-state index in [9.17, 15) is 4.79 Å². The van der Waals surface area contributed by atoms with Crippen molar-refractivity contribution in [3.05, 3.63) is 70.1 Å². The molecule has 0 saturated carbocycles. The van der Waals surface area contributed by atoms with Crippen molar-refractivity contribution in [2.24, 2.45) is 0 Å². The van der Waals surface area contributed by atoms with Crippen LogP contribution in [0.5, 0.6) is 5.75 Å². The molecule has 1 heterocycles. The number of carbonyl (C=O) groups excluding carboxylic acids is 1. The Morgan fingerprint density at radius 1 is 0.938 bits per heavy atom. The third-order valence-electron chi connectivity index (χ3n) is 5.74. The standard InChI is InChI=1S/C28H31O3S/c1-17-14-22(15-18(2)27(17)30-16-25(29)31-28(5,6)7)32-20(4)19(3)26-23-11-9-8-10-21(23)12-13-24(26)32/h8-15H,16H2,1-7H3/q+1. The van der Waals surface area contributed by atoms with Gasteiger partial charge in [0.15, 0.2) is 21.1 Å². The smallest absolute Gasteiger partial charge is 0.344 e. The highest BCUT2D eigenvalue weighted by molar-refractivity contribution is 7.45. The van der Waals surface area contributed by atoms with Crippen LogP contribution in [0.1, 0.15) is 42.3 Å². The summed E-state index contributed by atoms with van der Waals surface area (Å²) in [5, 5.41) is 3.98. The molecule has 0 aliphatic rings. The third kappa shape index (κ3) is 4.12. The second kappa shape index (κ2) is 8.25. The lowest BCUT2D eigenvalue weighted by atomic mass is 10.0. The number of fused-ring (bicyclic) bond motifs is 3. The molecule has 0 aliphatic heterocycles. The van der Waals surface area contributed by atoms with E-state index in [-0.39, 0.29) is 23.0 Å². The molecule has 1 atom stereocenters. The van der Waals surface area contributed by atoms with Gasteiger partial charge in [-0.2, -0.15) is 0 Å². The van der Waals surface area contributed by atoms with Crippen molar-refractivity contribution in [2.75, 3.05) is 6.61 Å². The second-order valence-corrected chi connectivity index (χ2v) is 11.5. The Hall–Kier alpha value is -2.85. The quantitative estimate of drug-likeness (QED) is 0.238. The van der Waals surface area contributed by atoms with E-state index < -0.39 is 5.60 Å². The highest BCUT2D eigenvalue weighted by atomic mass is 32.2. The molecule has 1 aromatic heterocycles. The first-order valence-corrected chi connectivity index (χ1v) is 12.2. The maximum Gasteiger partial charge on any atom is 0.344 e. The number of benzene rings is 3. The summed E-state index contributed by atoms with van der Waals surface area (Å²) in [6, 6.07) is 17.6. The van der Waals surface area contributed by atoms with Gasteiger partial charge in [0.05, 0.1) is 5.39 Å². The van der Waals surface area contributed by atoms with Crippen LogP contribution in [0.3, 0.4) is 0 Å². The molecule has 0 amide bonds. The summed E-state index contributed by atoms with van der Waals surface area (Å²) in [6.45, 7) is 14.1. The van der Waals surface area contributed by atoms with Gasteiger partial charge in [-0.1, -0.05) is 24.3 Å². The zero-order chi connectivity index (χ0) is 23.2. The summed E-state index contributed by atoms with van der Waals surface area (Å²) in [6.07, 6.45) is 0. The minimum absolute atomic E-state index is 0.0864. The molecule has 3 aromatic carbocycles. The molecule has 0 aliphatic carbocycles. The maximum absolute atomic E-state index is 12.1. The molecule has 3 nitrogen and oxygen atoms in total. The predicted molar refractivity (Wildman–Crippen MR) is 136 cm³/mol. The summed E-state index contributed by atoms with van der Waals surface area (Å²) in [4.78, 5) is 14.8. The van der Waals surface area contributed by atoms with Crippen LogP contribution in [0.25, 0.3) is 25.8 Å². The number of ether oxygens (including phenoxy) is 2. The molecule has 4 heteroatoms. The van der Waals surface area contributed by atoms with Crippen molar-refractivity contribution in [3.8, 4) is 10.6 Å². The summed E-state index contributed by atoms with van der Waals surface area (Å²) in [5.41, 5.74) is 2.93. The molecule has 0 bridgehead atoms. The Morgan fingerprint density at radius 3 is 2.25 bits per heavy atom. The lowest BCUT2D eigenvalue weighted by molar-refractivity contribution is -0.157. The molecule has 4 rings (SSSR count). The zero-order valence-corrected chi connectivity index (χ0v) is 20.8. The molecule has 0 spiro atoms. The predicted octanol–water partition coefficient (Wildman–Crippen LogP) is 7.69. The van der Waals surface area contributed by atoms with Crippen molar-refractivity contribution >= 4 is 37.3 Å². The first kappa shape index (κ1) is 22.3. The summed E-state index contributed by atoms with van der Waals surface area (Å²) >= 11 is 0. The molecule has 166 valence electrons. The van der Waals surface area contributed by atoms with E-state index in [4.69, 9.17) is 9.47 Å². The fourth-order valence-electron chi connectivity index (χ4n) is 4.36. The molecule has 0 N–H and O–H groups in total. The van der Waals surface area contributed by atoms with Gasteiger partial charge in [0.25, 0.3) is 0 Å². The van der Waals surface area contributed by atoms with Crippen LogP contribution in [0, 0.1) is 27.7 Å². The van der Waals surface area contributed by atoms with E-state index >= 15 is 0 Å². The maximum atomic E-state index is 12.1. The topological polar surface area (TPSA) is 35.5 Å². The van der Waals surface area contributed by atoms with E-state index in [1.165, 1.54) is 36.2 Å². The van der Waals surface area contributed by atoms with Gasteiger partial charge in [0, 0.05) is 35.1 Å². The Kier molecular flexibility index (Phi) is 5.76. The summed E-state index contributed by atoms with van der Waals surface area (Å²) in [5.74, 6) is 0.410. The van der Waals surface area contributed by atoms with Crippen LogP contribution in [0.2, 0.25) is 0 Å². The fourth-order valence-corrected chi connectivity index (χ4v) is 6.97. The molecule has 4 aromatic rings. The molecule has 0 saturated heterocycles. The van der Waals surface area contributed by atoms with Gasteiger partial charge in [-0.3, -0.25) is 0 Å². The van der Waals surface area contributed by atoms with Crippen molar-refractivity contribution in [1.82, 2.24) is 0 Å². The number of hydrogen-bond acceptors (Lipinski definition) is 3. The van der Waals surface area contributed by atoms with Crippen LogP contribution in [-0.2, 0) is 9.53 Å². The monoisotopic (exact) mass is 447 g/mol. The van der Waals surface area contributed by atoms with E-state index in [1.54, 1.807) is 0 Å². The minimum atomic E-state index is -0.517. The molecular weight excluding hydrogens is 416 g/mol. The van der Waals surface area contributed by atoms with Crippen LogP contribution in [-0.4, -0.2) is 18.2 Å². The van der Waals surface area contributed by atoms with Gasteiger partial charge in [0.1, 0.15) is 11.4 Å². The average Bonchev–Trinajstić information content (AvgIpc) is 2.96. The van der Waals surface area contributed by atoms with Crippen molar-refractivity contribution in [2.45, 2.75) is 54.1 Å². The average molecular weight is 448 g/mol. The van der Waals surface area contributed by atoms with Crippen LogP contribution in [0.15, 0.2) is 48.5 Å². The Morgan fingerprint density at radius 2 is 1.59 bits per heavy atom. The number of hydrogen-bond donors (Lipinski definition) is 0. The van der Waals surface area contributed by atoms with Gasteiger partial charge in [0.2, 0.25) is 0 Å². The number of carbonyl (C=O) groups is 1. The Bertz CT molecular complexity index is 1320. The zero-order valence-electron chi connectivity index (χ0n) is 20.0. The first-order chi connectivity index (χ1) is 15.1. The molecular formula is C28H31O3S+.